The lowest BCUT2D eigenvalue weighted by atomic mass is 10.3. The first-order valence-corrected chi connectivity index (χ1v) is 7.57. The number of hydrogen-bond acceptors (Lipinski definition) is 3. The molecule has 0 atom stereocenters. The summed E-state index contributed by atoms with van der Waals surface area (Å²) in [4.78, 5) is 13.9. The molecule has 2 heterocycles. The summed E-state index contributed by atoms with van der Waals surface area (Å²) in [6, 6.07) is 9.32. The minimum Gasteiger partial charge on any atom is -0.492 e. The minimum atomic E-state index is -0.0359. The summed E-state index contributed by atoms with van der Waals surface area (Å²) >= 11 is 0. The minimum absolute atomic E-state index is 0.0359. The number of aromatic nitrogens is 2. The van der Waals surface area contributed by atoms with Gasteiger partial charge in [0.1, 0.15) is 12.4 Å². The number of likely N-dealkylation sites (tertiary alicyclic amines) is 1. The molecule has 2 aromatic rings. The average molecular weight is 300 g/mol. The molecule has 1 saturated heterocycles. The molecule has 116 valence electrons. The van der Waals surface area contributed by atoms with Gasteiger partial charge in [-0.1, -0.05) is 6.07 Å². The van der Waals surface area contributed by atoms with Gasteiger partial charge in [0.2, 0.25) is 0 Å². The fourth-order valence-electron chi connectivity index (χ4n) is 2.48. The highest BCUT2D eigenvalue weighted by Gasteiger charge is 2.17. The van der Waals surface area contributed by atoms with Crippen molar-refractivity contribution in [1.82, 2.24) is 14.7 Å². The Morgan fingerprint density at radius 2 is 2.14 bits per heavy atom. The van der Waals surface area contributed by atoms with Crippen LogP contribution in [0.1, 0.15) is 12.8 Å². The number of nitrogens with zero attached hydrogens (tertiary/aromatic N) is 3. The highest BCUT2D eigenvalue weighted by atomic mass is 16.5. The largest absolute Gasteiger partial charge is 0.492 e. The smallest absolute Gasteiger partial charge is 0.321 e. The second kappa shape index (κ2) is 6.98. The second-order valence-corrected chi connectivity index (χ2v) is 5.27. The van der Waals surface area contributed by atoms with E-state index in [0.717, 1.165) is 37.4 Å². The maximum atomic E-state index is 12.1. The number of benzene rings is 1. The van der Waals surface area contributed by atoms with Crippen molar-refractivity contribution in [3.8, 4) is 5.75 Å². The lowest BCUT2D eigenvalue weighted by Crippen LogP contribution is -2.32. The van der Waals surface area contributed by atoms with E-state index in [0.29, 0.717) is 13.2 Å². The molecule has 0 saturated carbocycles. The van der Waals surface area contributed by atoms with Gasteiger partial charge in [0.25, 0.3) is 0 Å². The molecule has 2 amide bonds. The van der Waals surface area contributed by atoms with Crippen molar-refractivity contribution >= 4 is 11.7 Å². The van der Waals surface area contributed by atoms with Gasteiger partial charge in [-0.2, -0.15) is 5.10 Å². The maximum absolute atomic E-state index is 12.1. The fourth-order valence-corrected chi connectivity index (χ4v) is 2.48. The Balaban J connectivity index is 1.51. The van der Waals surface area contributed by atoms with Crippen molar-refractivity contribution in [1.29, 1.82) is 0 Å². The summed E-state index contributed by atoms with van der Waals surface area (Å²) in [6.07, 6.45) is 5.82. The van der Waals surface area contributed by atoms with E-state index in [2.05, 4.69) is 10.4 Å². The Morgan fingerprint density at radius 3 is 2.91 bits per heavy atom. The van der Waals surface area contributed by atoms with E-state index in [-0.39, 0.29) is 6.03 Å². The average Bonchev–Trinajstić information content (AvgIpc) is 3.21. The van der Waals surface area contributed by atoms with Gasteiger partial charge < -0.3 is 15.0 Å². The van der Waals surface area contributed by atoms with Gasteiger partial charge in [-0.05, 0) is 31.0 Å². The van der Waals surface area contributed by atoms with Crippen LogP contribution in [-0.4, -0.2) is 40.4 Å². The summed E-state index contributed by atoms with van der Waals surface area (Å²) < 4.78 is 7.52. The summed E-state index contributed by atoms with van der Waals surface area (Å²) in [6.45, 7) is 2.90. The van der Waals surface area contributed by atoms with Gasteiger partial charge >= 0.3 is 6.03 Å². The molecule has 0 bridgehead atoms. The number of hydrogen-bond donors (Lipinski definition) is 1. The number of ether oxygens (including phenoxy) is 1. The summed E-state index contributed by atoms with van der Waals surface area (Å²) in [5.74, 6) is 0.742. The molecule has 1 N–H and O–H groups in total. The first kappa shape index (κ1) is 14.4. The van der Waals surface area contributed by atoms with Crippen LogP contribution < -0.4 is 10.1 Å². The lowest BCUT2D eigenvalue weighted by Gasteiger charge is -2.16. The second-order valence-electron chi connectivity index (χ2n) is 5.27. The predicted molar refractivity (Wildman–Crippen MR) is 84.0 cm³/mol. The number of urea groups is 1. The van der Waals surface area contributed by atoms with Gasteiger partial charge in [-0.25, -0.2) is 4.79 Å². The highest BCUT2D eigenvalue weighted by Crippen LogP contribution is 2.18. The molecule has 6 nitrogen and oxygen atoms in total. The van der Waals surface area contributed by atoms with Crippen LogP contribution in [0.2, 0.25) is 0 Å². The van der Waals surface area contributed by atoms with Crippen LogP contribution in [0, 0.1) is 0 Å². The van der Waals surface area contributed by atoms with Crippen LogP contribution in [0.4, 0.5) is 10.5 Å². The Morgan fingerprint density at radius 1 is 1.27 bits per heavy atom. The van der Waals surface area contributed by atoms with E-state index < -0.39 is 0 Å². The number of amides is 2. The number of carbonyl (C=O) groups excluding carboxylic acids is 1. The van der Waals surface area contributed by atoms with E-state index in [4.69, 9.17) is 4.74 Å². The van der Waals surface area contributed by atoms with Crippen molar-refractivity contribution in [2.45, 2.75) is 19.4 Å². The number of rotatable bonds is 5. The van der Waals surface area contributed by atoms with Gasteiger partial charge in [-0.3, -0.25) is 4.68 Å². The Labute approximate surface area is 129 Å². The fraction of sp³-hybridized carbons (Fsp3) is 0.375. The Kier molecular flexibility index (Phi) is 4.58. The molecule has 1 fully saturated rings. The summed E-state index contributed by atoms with van der Waals surface area (Å²) in [7, 11) is 0. The molecule has 1 aromatic heterocycles. The van der Waals surface area contributed by atoms with Crippen LogP contribution in [0.25, 0.3) is 0 Å². The van der Waals surface area contributed by atoms with Crippen LogP contribution in [0.3, 0.4) is 0 Å². The van der Waals surface area contributed by atoms with E-state index in [1.165, 1.54) is 0 Å². The summed E-state index contributed by atoms with van der Waals surface area (Å²) in [5, 5.41) is 7.04. The quantitative estimate of drug-likeness (QED) is 0.923. The zero-order valence-electron chi connectivity index (χ0n) is 12.4. The molecule has 1 aromatic carbocycles. The monoisotopic (exact) mass is 300 g/mol. The molecule has 6 heteroatoms. The van der Waals surface area contributed by atoms with E-state index in [1.54, 1.807) is 6.20 Å². The molecule has 0 spiro atoms. The Hall–Kier alpha value is -2.50. The van der Waals surface area contributed by atoms with Gasteiger partial charge in [0.05, 0.1) is 6.54 Å². The van der Waals surface area contributed by atoms with Crippen molar-refractivity contribution in [2.24, 2.45) is 0 Å². The van der Waals surface area contributed by atoms with Crippen LogP contribution >= 0.6 is 0 Å². The Bertz CT molecular complexity index is 606. The first-order valence-electron chi connectivity index (χ1n) is 7.57. The first-order chi connectivity index (χ1) is 10.8. The SMILES string of the molecule is O=C(Nc1cccc(OCCn2cccn2)c1)N1CCCC1. The van der Waals surface area contributed by atoms with Gasteiger partial charge in [0, 0.05) is 37.2 Å². The van der Waals surface area contributed by atoms with E-state index >= 15 is 0 Å². The van der Waals surface area contributed by atoms with E-state index in [1.807, 2.05) is 46.1 Å². The molecule has 22 heavy (non-hydrogen) atoms. The standard InChI is InChI=1S/C16H20N4O2/c21-16(19-8-1-2-9-19)18-14-5-3-6-15(13-14)22-12-11-20-10-4-7-17-20/h3-7,10,13H,1-2,8-9,11-12H2,(H,18,21). The van der Waals surface area contributed by atoms with E-state index in [9.17, 15) is 4.79 Å². The van der Waals surface area contributed by atoms with Crippen molar-refractivity contribution in [2.75, 3.05) is 25.0 Å². The summed E-state index contributed by atoms with van der Waals surface area (Å²) in [5.41, 5.74) is 0.758. The number of carbonyl (C=O) groups is 1. The van der Waals surface area contributed by atoms with Crippen LogP contribution in [0.15, 0.2) is 42.7 Å². The van der Waals surface area contributed by atoms with Crippen molar-refractivity contribution in [3.05, 3.63) is 42.7 Å². The zero-order valence-corrected chi connectivity index (χ0v) is 12.4. The lowest BCUT2D eigenvalue weighted by molar-refractivity contribution is 0.222. The molecular weight excluding hydrogens is 280 g/mol. The predicted octanol–water partition coefficient (Wildman–Crippen LogP) is 2.59. The van der Waals surface area contributed by atoms with Gasteiger partial charge in [0.15, 0.2) is 0 Å². The zero-order chi connectivity index (χ0) is 15.2. The highest BCUT2D eigenvalue weighted by molar-refractivity contribution is 5.89. The van der Waals surface area contributed by atoms with Gasteiger partial charge in [-0.15, -0.1) is 0 Å². The maximum Gasteiger partial charge on any atom is 0.321 e. The number of anilines is 1. The molecule has 0 aliphatic carbocycles. The van der Waals surface area contributed by atoms with Crippen molar-refractivity contribution < 1.29 is 9.53 Å². The molecule has 0 radical (unpaired) electrons. The molecule has 3 rings (SSSR count). The third-order valence-electron chi connectivity index (χ3n) is 3.63. The third-order valence-corrected chi connectivity index (χ3v) is 3.63. The van der Waals surface area contributed by atoms with Crippen molar-refractivity contribution in [3.63, 3.8) is 0 Å². The molecule has 1 aliphatic rings. The topological polar surface area (TPSA) is 59.4 Å². The van der Waals surface area contributed by atoms with Crippen LogP contribution in [-0.2, 0) is 6.54 Å². The normalized spacial score (nSPS) is 14.1. The van der Waals surface area contributed by atoms with Crippen LogP contribution in [0.5, 0.6) is 5.75 Å². The third kappa shape index (κ3) is 3.78. The molecule has 0 unspecified atom stereocenters. The molecule has 1 aliphatic heterocycles. The molecular formula is C16H20N4O2. The number of nitrogens with one attached hydrogen (secondary N) is 1.